The van der Waals surface area contributed by atoms with Gasteiger partial charge in [-0.05, 0) is 18.2 Å². The molecule has 2 unspecified atom stereocenters. The number of carbonyl (C=O) groups excluding carboxylic acids is 3. The highest BCUT2D eigenvalue weighted by Gasteiger charge is 2.54. The molecule has 0 spiro atoms. The highest BCUT2D eigenvalue weighted by atomic mass is 32.2. The number of rotatable bonds is 7. The van der Waals surface area contributed by atoms with Gasteiger partial charge in [-0.25, -0.2) is 4.39 Å². The molecule has 4 rings (SSSR count). The third-order valence-corrected chi connectivity index (χ3v) is 6.55. The average Bonchev–Trinajstić information content (AvgIpc) is 3.48. The third-order valence-electron chi connectivity index (χ3n) is 4.50. The smallest absolute Gasteiger partial charge is 0.297 e. The minimum Gasteiger partial charge on any atom is -0.461 e. The Labute approximate surface area is 178 Å². The number of nitrogens with zero attached hydrogens (tertiary/aromatic N) is 3. The van der Waals surface area contributed by atoms with Gasteiger partial charge < -0.3 is 4.42 Å². The number of halogens is 1. The Bertz CT molecular complexity index is 1130. The van der Waals surface area contributed by atoms with E-state index in [1.165, 1.54) is 48.4 Å². The summed E-state index contributed by atoms with van der Waals surface area (Å²) >= 11 is 2.44. The largest absolute Gasteiger partial charge is 0.461 e. The predicted molar refractivity (Wildman–Crippen MR) is 109 cm³/mol. The van der Waals surface area contributed by atoms with E-state index in [9.17, 15) is 18.8 Å². The number of carbonyl (C=O) groups is 3. The Hall–Kier alpha value is -3.11. The second-order valence-electron chi connectivity index (χ2n) is 6.28. The first-order valence-corrected chi connectivity index (χ1v) is 10.6. The molecule has 3 aromatic rings. The number of ketones is 2. The molecule has 10 heteroatoms. The fourth-order valence-electron chi connectivity index (χ4n) is 3.23. The van der Waals surface area contributed by atoms with Gasteiger partial charge in [0.05, 0.1) is 12.3 Å². The van der Waals surface area contributed by atoms with E-state index >= 15 is 0 Å². The highest BCUT2D eigenvalue weighted by molar-refractivity contribution is 8.01. The number of anilines is 1. The van der Waals surface area contributed by atoms with Crippen molar-refractivity contribution in [3.05, 3.63) is 72.5 Å². The first kappa shape index (κ1) is 20.2. The van der Waals surface area contributed by atoms with Crippen molar-refractivity contribution in [3.8, 4) is 0 Å². The lowest BCUT2D eigenvalue weighted by Gasteiger charge is -2.24. The molecule has 0 saturated carbocycles. The van der Waals surface area contributed by atoms with Crippen molar-refractivity contribution in [1.29, 1.82) is 0 Å². The van der Waals surface area contributed by atoms with Crippen LogP contribution in [0.3, 0.4) is 0 Å². The number of Topliss-reactive ketones (excluding diaryl/α,β-unsaturated/α-hetero) is 2. The molecule has 1 saturated heterocycles. The second kappa shape index (κ2) is 8.33. The Morgan fingerprint density at radius 2 is 2.07 bits per heavy atom. The van der Waals surface area contributed by atoms with E-state index in [4.69, 9.17) is 4.42 Å². The van der Waals surface area contributed by atoms with Crippen LogP contribution in [-0.4, -0.2) is 33.4 Å². The van der Waals surface area contributed by atoms with E-state index in [0.29, 0.717) is 10.1 Å². The van der Waals surface area contributed by atoms with Gasteiger partial charge >= 0.3 is 0 Å². The third kappa shape index (κ3) is 3.48. The molecule has 0 radical (unpaired) electrons. The molecule has 152 valence electrons. The van der Waals surface area contributed by atoms with Gasteiger partial charge in [0.2, 0.25) is 16.7 Å². The van der Waals surface area contributed by atoms with Crippen LogP contribution in [0.1, 0.15) is 22.2 Å². The SMILES string of the molecule is C=CCSc1nnc(N2C(=O)C(=O)C(C(=O)c3ccco3)C2c2ccccc2F)s1. The van der Waals surface area contributed by atoms with Gasteiger partial charge in [0.25, 0.3) is 5.91 Å². The molecule has 1 amide bonds. The van der Waals surface area contributed by atoms with Crippen molar-refractivity contribution >= 4 is 45.7 Å². The summed E-state index contributed by atoms with van der Waals surface area (Å²) in [5.74, 6) is -4.18. The Balaban J connectivity index is 1.81. The topological polar surface area (TPSA) is 93.4 Å². The lowest BCUT2D eigenvalue weighted by atomic mass is 9.88. The van der Waals surface area contributed by atoms with Crippen LogP contribution < -0.4 is 4.90 Å². The van der Waals surface area contributed by atoms with Gasteiger partial charge in [0.15, 0.2) is 10.1 Å². The molecular formula is C20H14FN3O4S2. The molecule has 1 aliphatic rings. The van der Waals surface area contributed by atoms with E-state index in [2.05, 4.69) is 16.8 Å². The number of amides is 1. The molecule has 0 N–H and O–H groups in total. The molecule has 1 fully saturated rings. The zero-order valence-corrected chi connectivity index (χ0v) is 17.0. The summed E-state index contributed by atoms with van der Waals surface area (Å²) in [6.45, 7) is 3.64. The van der Waals surface area contributed by atoms with Crippen LogP contribution in [0.15, 0.2) is 64.1 Å². The summed E-state index contributed by atoms with van der Waals surface area (Å²) in [6.07, 6.45) is 2.98. The summed E-state index contributed by atoms with van der Waals surface area (Å²) in [5.41, 5.74) is 0.0390. The number of hydrogen-bond donors (Lipinski definition) is 0. The minimum absolute atomic E-state index is 0.0390. The van der Waals surface area contributed by atoms with Crippen LogP contribution in [-0.2, 0) is 9.59 Å². The molecule has 2 aromatic heterocycles. The maximum atomic E-state index is 14.7. The maximum Gasteiger partial charge on any atom is 0.297 e. The average molecular weight is 443 g/mol. The molecule has 2 atom stereocenters. The van der Waals surface area contributed by atoms with Gasteiger partial charge in [0, 0.05) is 11.3 Å². The Morgan fingerprint density at radius 3 is 2.77 bits per heavy atom. The van der Waals surface area contributed by atoms with Crippen molar-refractivity contribution in [2.45, 2.75) is 10.4 Å². The number of aromatic nitrogens is 2. The normalized spacial score (nSPS) is 18.8. The number of benzene rings is 1. The molecule has 1 aromatic carbocycles. The lowest BCUT2D eigenvalue weighted by Crippen LogP contribution is -2.31. The molecule has 0 bridgehead atoms. The summed E-state index contributed by atoms with van der Waals surface area (Å²) in [7, 11) is 0. The van der Waals surface area contributed by atoms with Crippen LogP contribution >= 0.6 is 23.1 Å². The minimum atomic E-state index is -1.46. The van der Waals surface area contributed by atoms with Crippen molar-refractivity contribution < 1.29 is 23.2 Å². The van der Waals surface area contributed by atoms with E-state index in [1.807, 2.05) is 0 Å². The molecule has 30 heavy (non-hydrogen) atoms. The number of furan rings is 1. The first-order chi connectivity index (χ1) is 14.5. The summed E-state index contributed by atoms with van der Waals surface area (Å²) in [5, 5.41) is 8.13. The molecular weight excluding hydrogens is 429 g/mol. The molecule has 3 heterocycles. The summed E-state index contributed by atoms with van der Waals surface area (Å²) in [6, 6.07) is 7.41. The van der Waals surface area contributed by atoms with Gasteiger partial charge in [-0.1, -0.05) is 47.4 Å². The highest BCUT2D eigenvalue weighted by Crippen LogP contribution is 2.43. The Morgan fingerprint density at radius 1 is 1.27 bits per heavy atom. The van der Waals surface area contributed by atoms with Gasteiger partial charge in [-0.3, -0.25) is 19.3 Å². The summed E-state index contributed by atoms with van der Waals surface area (Å²) in [4.78, 5) is 39.8. The predicted octanol–water partition coefficient (Wildman–Crippen LogP) is 3.70. The zero-order valence-electron chi connectivity index (χ0n) is 15.4. The van der Waals surface area contributed by atoms with Crippen LogP contribution in [0.25, 0.3) is 0 Å². The second-order valence-corrected chi connectivity index (χ2v) is 8.50. The molecule has 0 aliphatic carbocycles. The van der Waals surface area contributed by atoms with E-state index in [-0.39, 0.29) is 16.5 Å². The van der Waals surface area contributed by atoms with Crippen molar-refractivity contribution in [2.75, 3.05) is 10.7 Å². The standard InChI is InChI=1S/C20H14FN3O4S2/c1-2-10-29-20-23-22-19(30-20)24-15(11-6-3-4-7-12(11)21)14(17(26)18(24)27)16(25)13-8-5-9-28-13/h2-9,14-15H,1,10H2. The number of thioether (sulfide) groups is 1. The molecule has 1 aliphatic heterocycles. The van der Waals surface area contributed by atoms with Gasteiger partial charge in [-0.2, -0.15) is 0 Å². The first-order valence-electron chi connectivity index (χ1n) is 8.79. The van der Waals surface area contributed by atoms with Crippen LogP contribution in [0, 0.1) is 11.7 Å². The van der Waals surface area contributed by atoms with Gasteiger partial charge in [-0.15, -0.1) is 16.8 Å². The summed E-state index contributed by atoms with van der Waals surface area (Å²) < 4.78 is 20.4. The Kier molecular flexibility index (Phi) is 5.60. The maximum absolute atomic E-state index is 14.7. The fourth-order valence-corrected chi connectivity index (χ4v) is 4.87. The quantitative estimate of drug-likeness (QED) is 0.137. The van der Waals surface area contributed by atoms with E-state index in [1.54, 1.807) is 12.1 Å². The fraction of sp³-hybridized carbons (Fsp3) is 0.150. The van der Waals surface area contributed by atoms with Crippen LogP contribution in [0.2, 0.25) is 0 Å². The lowest BCUT2D eigenvalue weighted by molar-refractivity contribution is -0.135. The van der Waals surface area contributed by atoms with Crippen LogP contribution in [0.4, 0.5) is 9.52 Å². The van der Waals surface area contributed by atoms with Crippen molar-refractivity contribution in [1.82, 2.24) is 10.2 Å². The van der Waals surface area contributed by atoms with Gasteiger partial charge in [0.1, 0.15) is 11.7 Å². The van der Waals surface area contributed by atoms with E-state index in [0.717, 1.165) is 16.2 Å². The van der Waals surface area contributed by atoms with Crippen molar-refractivity contribution in [3.63, 3.8) is 0 Å². The monoisotopic (exact) mass is 443 g/mol. The molecule has 7 nitrogen and oxygen atoms in total. The van der Waals surface area contributed by atoms with Crippen LogP contribution in [0.5, 0.6) is 0 Å². The van der Waals surface area contributed by atoms with Crippen molar-refractivity contribution in [2.24, 2.45) is 5.92 Å². The number of hydrogen-bond acceptors (Lipinski definition) is 8. The zero-order chi connectivity index (χ0) is 21.3. The van der Waals surface area contributed by atoms with E-state index < -0.39 is 35.3 Å².